The monoisotopic (exact) mass is 313 g/mol. The van der Waals surface area contributed by atoms with Crippen LogP contribution >= 0.6 is 0 Å². The van der Waals surface area contributed by atoms with E-state index in [2.05, 4.69) is 22.0 Å². The van der Waals surface area contributed by atoms with Gasteiger partial charge in [0.2, 0.25) is 0 Å². The molecule has 0 unspecified atom stereocenters. The third-order valence-electron chi connectivity index (χ3n) is 4.04. The van der Waals surface area contributed by atoms with Gasteiger partial charge in [-0.1, -0.05) is 30.3 Å². The molecular weight excluding hydrogens is 294 g/mol. The maximum absolute atomic E-state index is 12.4. The minimum Gasteiger partial charge on any atom is -0.507 e. The number of carbonyl (C=O) groups is 1. The molecule has 0 saturated carbocycles. The number of aromatic amines is 1. The number of piperazine rings is 1. The van der Waals surface area contributed by atoms with Crippen LogP contribution < -0.4 is 5.56 Å². The molecule has 0 spiro atoms. The number of nitrogens with one attached hydrogen (secondary N) is 1. The Morgan fingerprint density at radius 2 is 1.83 bits per heavy atom. The zero-order chi connectivity index (χ0) is 16.2. The Morgan fingerprint density at radius 1 is 1.13 bits per heavy atom. The number of benzene rings is 1. The number of amides is 1. The van der Waals surface area contributed by atoms with Crippen LogP contribution in [0.25, 0.3) is 0 Å². The summed E-state index contributed by atoms with van der Waals surface area (Å²) in [7, 11) is 0. The van der Waals surface area contributed by atoms with Gasteiger partial charge in [-0.2, -0.15) is 0 Å². The molecule has 23 heavy (non-hydrogen) atoms. The summed E-state index contributed by atoms with van der Waals surface area (Å²) in [5.74, 6) is -0.524. The number of hydrogen-bond acceptors (Lipinski definition) is 4. The van der Waals surface area contributed by atoms with Crippen LogP contribution in [0.15, 0.2) is 47.4 Å². The molecule has 1 fully saturated rings. The molecule has 6 nitrogen and oxygen atoms in total. The van der Waals surface area contributed by atoms with Crippen molar-refractivity contribution in [2.75, 3.05) is 26.2 Å². The van der Waals surface area contributed by atoms with E-state index in [0.29, 0.717) is 13.1 Å². The highest BCUT2D eigenvalue weighted by Crippen LogP contribution is 2.17. The van der Waals surface area contributed by atoms with Crippen LogP contribution in [0.1, 0.15) is 15.9 Å². The second-order valence-corrected chi connectivity index (χ2v) is 5.65. The van der Waals surface area contributed by atoms with Crippen LogP contribution in [0.3, 0.4) is 0 Å². The molecule has 1 aliphatic rings. The van der Waals surface area contributed by atoms with Crippen molar-refractivity contribution in [3.63, 3.8) is 0 Å². The zero-order valence-electron chi connectivity index (χ0n) is 12.7. The summed E-state index contributed by atoms with van der Waals surface area (Å²) in [4.78, 5) is 30.0. The van der Waals surface area contributed by atoms with Crippen molar-refractivity contribution in [2.45, 2.75) is 6.54 Å². The predicted octanol–water partition coefficient (Wildman–Crippen LogP) is 1.04. The van der Waals surface area contributed by atoms with E-state index < -0.39 is 5.56 Å². The molecule has 0 atom stereocenters. The van der Waals surface area contributed by atoms with Gasteiger partial charge >= 0.3 is 0 Å². The average Bonchev–Trinajstić information content (AvgIpc) is 2.56. The molecule has 0 radical (unpaired) electrons. The van der Waals surface area contributed by atoms with Gasteiger partial charge in [0, 0.05) is 45.0 Å². The number of rotatable bonds is 3. The molecule has 1 aliphatic heterocycles. The second kappa shape index (κ2) is 6.66. The first-order valence-corrected chi connectivity index (χ1v) is 7.61. The number of aromatic nitrogens is 1. The molecule has 1 amide bonds. The third-order valence-corrected chi connectivity index (χ3v) is 4.04. The molecule has 0 bridgehead atoms. The number of H-pyrrole nitrogens is 1. The van der Waals surface area contributed by atoms with Crippen LogP contribution in [0.4, 0.5) is 0 Å². The van der Waals surface area contributed by atoms with Gasteiger partial charge in [-0.05, 0) is 5.56 Å². The molecule has 6 heteroatoms. The lowest BCUT2D eigenvalue weighted by Crippen LogP contribution is -2.48. The van der Waals surface area contributed by atoms with Gasteiger partial charge in [-0.15, -0.1) is 0 Å². The van der Waals surface area contributed by atoms with E-state index in [1.807, 2.05) is 18.2 Å². The lowest BCUT2D eigenvalue weighted by Gasteiger charge is -2.34. The van der Waals surface area contributed by atoms with Crippen molar-refractivity contribution in [2.24, 2.45) is 0 Å². The van der Waals surface area contributed by atoms with E-state index in [9.17, 15) is 14.7 Å². The summed E-state index contributed by atoms with van der Waals surface area (Å²) in [6.07, 6.45) is 1.27. The van der Waals surface area contributed by atoms with E-state index in [0.717, 1.165) is 25.7 Å². The molecule has 3 rings (SSSR count). The molecule has 2 heterocycles. The van der Waals surface area contributed by atoms with Crippen molar-refractivity contribution in [1.82, 2.24) is 14.8 Å². The van der Waals surface area contributed by atoms with Crippen molar-refractivity contribution >= 4 is 5.91 Å². The van der Waals surface area contributed by atoms with Crippen LogP contribution in [-0.4, -0.2) is 52.0 Å². The maximum Gasteiger partial charge on any atom is 0.259 e. The van der Waals surface area contributed by atoms with Gasteiger partial charge in [0.25, 0.3) is 11.5 Å². The second-order valence-electron chi connectivity index (χ2n) is 5.65. The first-order valence-electron chi connectivity index (χ1n) is 7.61. The van der Waals surface area contributed by atoms with E-state index in [4.69, 9.17) is 0 Å². The topological polar surface area (TPSA) is 76.6 Å². The normalized spacial score (nSPS) is 15.6. The molecule has 2 aromatic rings. The first kappa shape index (κ1) is 15.3. The third kappa shape index (κ3) is 3.60. The summed E-state index contributed by atoms with van der Waals surface area (Å²) in [5, 5.41) is 9.76. The number of nitrogens with zero attached hydrogens (tertiary/aromatic N) is 2. The smallest absolute Gasteiger partial charge is 0.259 e. The molecular formula is C17H19N3O3. The molecule has 2 N–H and O–H groups in total. The maximum atomic E-state index is 12.4. The van der Waals surface area contributed by atoms with Gasteiger partial charge in [-0.25, -0.2) is 0 Å². The van der Waals surface area contributed by atoms with Gasteiger partial charge in [-0.3, -0.25) is 14.5 Å². The van der Waals surface area contributed by atoms with E-state index in [-0.39, 0.29) is 17.2 Å². The Morgan fingerprint density at radius 3 is 2.48 bits per heavy atom. The molecule has 1 aromatic heterocycles. The SMILES string of the molecule is O=C(c1c[nH]c(=O)cc1O)N1CCN(Cc2ccccc2)CC1. The summed E-state index contributed by atoms with van der Waals surface area (Å²) in [5.41, 5.74) is 0.971. The van der Waals surface area contributed by atoms with Crippen molar-refractivity contribution < 1.29 is 9.90 Å². The number of carbonyl (C=O) groups excluding carboxylic acids is 1. The fraction of sp³-hybridized carbons (Fsp3) is 0.294. The minimum absolute atomic E-state index is 0.140. The Kier molecular flexibility index (Phi) is 4.43. The zero-order valence-corrected chi connectivity index (χ0v) is 12.7. The number of pyridine rings is 1. The number of aromatic hydroxyl groups is 1. The summed E-state index contributed by atoms with van der Waals surface area (Å²) < 4.78 is 0. The quantitative estimate of drug-likeness (QED) is 0.887. The Hall–Kier alpha value is -2.60. The largest absolute Gasteiger partial charge is 0.507 e. The van der Waals surface area contributed by atoms with Crippen molar-refractivity contribution in [3.05, 3.63) is 64.1 Å². The average molecular weight is 313 g/mol. The van der Waals surface area contributed by atoms with E-state index in [1.54, 1.807) is 4.90 Å². The fourth-order valence-corrected chi connectivity index (χ4v) is 2.75. The van der Waals surface area contributed by atoms with Crippen molar-refractivity contribution in [3.8, 4) is 5.75 Å². The van der Waals surface area contributed by atoms with Crippen molar-refractivity contribution in [1.29, 1.82) is 0 Å². The van der Waals surface area contributed by atoms with E-state index in [1.165, 1.54) is 11.8 Å². The Labute approximate surface area is 134 Å². The van der Waals surface area contributed by atoms with Crippen LogP contribution in [0.5, 0.6) is 5.75 Å². The molecule has 1 aromatic carbocycles. The lowest BCUT2D eigenvalue weighted by atomic mass is 10.1. The number of hydrogen-bond donors (Lipinski definition) is 2. The minimum atomic E-state index is -0.424. The Balaban J connectivity index is 1.60. The molecule has 1 saturated heterocycles. The van der Waals surface area contributed by atoms with E-state index >= 15 is 0 Å². The van der Waals surface area contributed by atoms with Crippen LogP contribution in [0.2, 0.25) is 0 Å². The van der Waals surface area contributed by atoms with Crippen LogP contribution in [0, 0.1) is 0 Å². The predicted molar refractivity (Wildman–Crippen MR) is 86.4 cm³/mol. The summed E-state index contributed by atoms with van der Waals surface area (Å²) in [6.45, 7) is 3.64. The van der Waals surface area contributed by atoms with Gasteiger partial charge in [0.05, 0.1) is 5.56 Å². The van der Waals surface area contributed by atoms with Gasteiger partial charge in [0.1, 0.15) is 5.75 Å². The first-order chi connectivity index (χ1) is 11.1. The van der Waals surface area contributed by atoms with Crippen LogP contribution in [-0.2, 0) is 6.54 Å². The lowest BCUT2D eigenvalue weighted by molar-refractivity contribution is 0.0625. The highest BCUT2D eigenvalue weighted by molar-refractivity contribution is 5.96. The highest BCUT2D eigenvalue weighted by atomic mass is 16.3. The fourth-order valence-electron chi connectivity index (χ4n) is 2.75. The summed E-state index contributed by atoms with van der Waals surface area (Å²) >= 11 is 0. The van der Waals surface area contributed by atoms with Gasteiger partial charge < -0.3 is 15.0 Å². The molecule has 0 aliphatic carbocycles. The molecule has 120 valence electrons. The standard InChI is InChI=1S/C17H19N3O3/c21-15-10-16(22)18-11-14(15)17(23)20-8-6-19(7-9-20)12-13-4-2-1-3-5-13/h1-5,10-11H,6-9,12H2,(H2,18,21,22). The van der Waals surface area contributed by atoms with Gasteiger partial charge in [0.15, 0.2) is 0 Å². The Bertz CT molecular complexity index is 734. The highest BCUT2D eigenvalue weighted by Gasteiger charge is 2.24. The summed E-state index contributed by atoms with van der Waals surface area (Å²) in [6, 6.07) is 11.3.